The van der Waals surface area contributed by atoms with E-state index in [1.807, 2.05) is 18.2 Å². The summed E-state index contributed by atoms with van der Waals surface area (Å²) in [6.45, 7) is 2.82. The maximum absolute atomic E-state index is 5.97. The minimum absolute atomic E-state index is 0.699. The van der Waals surface area contributed by atoms with Gasteiger partial charge in [-0.15, -0.1) is 0 Å². The van der Waals surface area contributed by atoms with Crippen LogP contribution in [0.5, 0.6) is 5.75 Å². The molecule has 0 saturated carbocycles. The lowest BCUT2D eigenvalue weighted by atomic mass is 10.1. The SMILES string of the molecule is CCc1ccc(OCCCc2ccccc2)c(N)c1. The van der Waals surface area contributed by atoms with Crippen molar-refractivity contribution in [1.82, 2.24) is 0 Å². The largest absolute Gasteiger partial charge is 0.491 e. The first-order valence-corrected chi connectivity index (χ1v) is 6.84. The van der Waals surface area contributed by atoms with Crippen molar-refractivity contribution in [3.05, 3.63) is 59.7 Å². The molecule has 2 rings (SSSR count). The van der Waals surface area contributed by atoms with Gasteiger partial charge in [0, 0.05) is 0 Å². The van der Waals surface area contributed by atoms with Crippen LogP contribution < -0.4 is 10.5 Å². The van der Waals surface area contributed by atoms with E-state index in [1.165, 1.54) is 11.1 Å². The summed E-state index contributed by atoms with van der Waals surface area (Å²) >= 11 is 0. The summed E-state index contributed by atoms with van der Waals surface area (Å²) in [5, 5.41) is 0. The second-order valence-electron chi connectivity index (χ2n) is 4.66. The summed E-state index contributed by atoms with van der Waals surface area (Å²) in [6.07, 6.45) is 3.03. The molecule has 0 amide bonds. The Morgan fingerprint density at radius 3 is 2.47 bits per heavy atom. The molecule has 100 valence electrons. The number of hydrogen-bond donors (Lipinski definition) is 1. The molecule has 0 aliphatic heterocycles. The van der Waals surface area contributed by atoms with Gasteiger partial charge in [-0.05, 0) is 42.5 Å². The van der Waals surface area contributed by atoms with Crippen LogP contribution in [-0.4, -0.2) is 6.61 Å². The molecule has 0 unspecified atom stereocenters. The van der Waals surface area contributed by atoms with Gasteiger partial charge in [-0.1, -0.05) is 43.3 Å². The van der Waals surface area contributed by atoms with Crippen LogP contribution in [0.2, 0.25) is 0 Å². The fourth-order valence-corrected chi connectivity index (χ4v) is 2.05. The van der Waals surface area contributed by atoms with Crippen molar-refractivity contribution >= 4 is 5.69 Å². The summed E-state index contributed by atoms with van der Waals surface area (Å²) in [5.41, 5.74) is 9.29. The van der Waals surface area contributed by atoms with Crippen molar-refractivity contribution in [3.8, 4) is 5.75 Å². The molecule has 2 N–H and O–H groups in total. The summed E-state index contributed by atoms with van der Waals surface area (Å²) < 4.78 is 5.73. The van der Waals surface area contributed by atoms with E-state index in [-0.39, 0.29) is 0 Å². The zero-order valence-corrected chi connectivity index (χ0v) is 11.4. The van der Waals surface area contributed by atoms with E-state index < -0.39 is 0 Å². The third-order valence-corrected chi connectivity index (χ3v) is 3.19. The van der Waals surface area contributed by atoms with Gasteiger partial charge in [0.05, 0.1) is 12.3 Å². The van der Waals surface area contributed by atoms with E-state index >= 15 is 0 Å². The van der Waals surface area contributed by atoms with Gasteiger partial charge < -0.3 is 10.5 Å². The van der Waals surface area contributed by atoms with Gasteiger partial charge in [-0.2, -0.15) is 0 Å². The van der Waals surface area contributed by atoms with Gasteiger partial charge in [0.15, 0.2) is 0 Å². The molecule has 0 radical (unpaired) electrons. The van der Waals surface area contributed by atoms with Crippen LogP contribution in [0, 0.1) is 0 Å². The van der Waals surface area contributed by atoms with Gasteiger partial charge in [-0.3, -0.25) is 0 Å². The number of nitrogens with two attached hydrogens (primary N) is 1. The molecule has 2 aromatic carbocycles. The first-order valence-electron chi connectivity index (χ1n) is 6.84. The predicted octanol–water partition coefficient (Wildman–Crippen LogP) is 3.84. The van der Waals surface area contributed by atoms with Crippen LogP contribution in [0.25, 0.3) is 0 Å². The number of ether oxygens (including phenoxy) is 1. The molecule has 0 saturated heterocycles. The fraction of sp³-hybridized carbons (Fsp3) is 0.294. The minimum atomic E-state index is 0.699. The Labute approximate surface area is 115 Å². The Balaban J connectivity index is 1.80. The van der Waals surface area contributed by atoms with Gasteiger partial charge in [0.1, 0.15) is 5.75 Å². The molecule has 0 aliphatic rings. The molecular weight excluding hydrogens is 234 g/mol. The van der Waals surface area contributed by atoms with Crippen LogP contribution in [0.1, 0.15) is 24.5 Å². The maximum Gasteiger partial charge on any atom is 0.142 e. The highest BCUT2D eigenvalue weighted by Crippen LogP contribution is 2.23. The second-order valence-corrected chi connectivity index (χ2v) is 4.66. The lowest BCUT2D eigenvalue weighted by Crippen LogP contribution is -2.02. The van der Waals surface area contributed by atoms with E-state index in [4.69, 9.17) is 10.5 Å². The molecule has 0 heterocycles. The monoisotopic (exact) mass is 255 g/mol. The smallest absolute Gasteiger partial charge is 0.142 e. The van der Waals surface area contributed by atoms with E-state index in [1.54, 1.807) is 0 Å². The second kappa shape index (κ2) is 6.83. The minimum Gasteiger partial charge on any atom is -0.491 e. The quantitative estimate of drug-likeness (QED) is 0.628. The van der Waals surface area contributed by atoms with Gasteiger partial charge in [-0.25, -0.2) is 0 Å². The Kier molecular flexibility index (Phi) is 4.85. The van der Waals surface area contributed by atoms with Crippen molar-refractivity contribution in [1.29, 1.82) is 0 Å². The molecule has 0 atom stereocenters. The number of hydrogen-bond acceptors (Lipinski definition) is 2. The number of rotatable bonds is 6. The molecule has 2 aromatic rings. The van der Waals surface area contributed by atoms with E-state index in [9.17, 15) is 0 Å². The van der Waals surface area contributed by atoms with E-state index in [0.717, 1.165) is 30.7 Å². The molecule has 2 heteroatoms. The van der Waals surface area contributed by atoms with Crippen molar-refractivity contribution in [3.63, 3.8) is 0 Å². The summed E-state index contributed by atoms with van der Waals surface area (Å²) in [5.74, 6) is 0.797. The third-order valence-electron chi connectivity index (χ3n) is 3.19. The van der Waals surface area contributed by atoms with Crippen LogP contribution in [0.4, 0.5) is 5.69 Å². The van der Waals surface area contributed by atoms with Crippen molar-refractivity contribution in [2.75, 3.05) is 12.3 Å². The van der Waals surface area contributed by atoms with Gasteiger partial charge in [0.25, 0.3) is 0 Å². The van der Waals surface area contributed by atoms with Crippen molar-refractivity contribution in [2.45, 2.75) is 26.2 Å². The van der Waals surface area contributed by atoms with Crippen LogP contribution >= 0.6 is 0 Å². The molecule has 0 spiro atoms. The van der Waals surface area contributed by atoms with Gasteiger partial charge >= 0.3 is 0 Å². The highest BCUT2D eigenvalue weighted by atomic mass is 16.5. The Hall–Kier alpha value is -1.96. The standard InChI is InChI=1S/C17H21NO/c1-2-14-10-11-17(16(18)13-14)19-12-6-9-15-7-4-3-5-8-15/h3-5,7-8,10-11,13H,2,6,9,12,18H2,1H3. The molecule has 0 aromatic heterocycles. The summed E-state index contributed by atoms with van der Waals surface area (Å²) in [4.78, 5) is 0. The Bertz CT molecular complexity index is 508. The van der Waals surface area contributed by atoms with Crippen LogP contribution in [-0.2, 0) is 12.8 Å². The maximum atomic E-state index is 5.97. The molecule has 0 bridgehead atoms. The zero-order chi connectivity index (χ0) is 13.5. The summed E-state index contributed by atoms with van der Waals surface area (Å²) in [7, 11) is 0. The summed E-state index contributed by atoms with van der Waals surface area (Å²) in [6, 6.07) is 16.5. The predicted molar refractivity (Wildman–Crippen MR) is 80.5 cm³/mol. The average Bonchev–Trinajstić information content (AvgIpc) is 2.46. The number of aryl methyl sites for hydroxylation is 2. The Morgan fingerprint density at radius 2 is 1.79 bits per heavy atom. The fourth-order valence-electron chi connectivity index (χ4n) is 2.05. The van der Waals surface area contributed by atoms with Crippen molar-refractivity contribution in [2.24, 2.45) is 0 Å². The highest BCUT2D eigenvalue weighted by Gasteiger charge is 2.01. The van der Waals surface area contributed by atoms with E-state index in [2.05, 4.69) is 37.3 Å². The van der Waals surface area contributed by atoms with E-state index in [0.29, 0.717) is 6.61 Å². The average molecular weight is 255 g/mol. The topological polar surface area (TPSA) is 35.2 Å². The lowest BCUT2D eigenvalue weighted by Gasteiger charge is -2.10. The van der Waals surface area contributed by atoms with Crippen molar-refractivity contribution < 1.29 is 4.74 Å². The normalized spacial score (nSPS) is 10.4. The number of benzene rings is 2. The van der Waals surface area contributed by atoms with Crippen LogP contribution in [0.15, 0.2) is 48.5 Å². The third kappa shape index (κ3) is 4.02. The molecule has 0 aliphatic carbocycles. The molecule has 2 nitrogen and oxygen atoms in total. The highest BCUT2D eigenvalue weighted by molar-refractivity contribution is 5.54. The Morgan fingerprint density at radius 1 is 1.00 bits per heavy atom. The first-order chi connectivity index (χ1) is 9.29. The lowest BCUT2D eigenvalue weighted by molar-refractivity contribution is 0.312. The van der Waals surface area contributed by atoms with Gasteiger partial charge in [0.2, 0.25) is 0 Å². The zero-order valence-electron chi connectivity index (χ0n) is 11.4. The number of nitrogen functional groups attached to an aromatic ring is 1. The molecular formula is C17H21NO. The molecule has 0 fully saturated rings. The van der Waals surface area contributed by atoms with Crippen LogP contribution in [0.3, 0.4) is 0 Å². The number of anilines is 1. The first kappa shape index (κ1) is 13.5. The molecule has 19 heavy (non-hydrogen) atoms.